The number of halogens is 4. The molecule has 1 aromatic carbocycles. The average Bonchev–Trinajstić information content (AvgIpc) is 2.27. The van der Waals surface area contributed by atoms with Crippen LogP contribution in [0, 0.1) is 0 Å². The molecule has 2 nitrogen and oxygen atoms in total. The highest BCUT2D eigenvalue weighted by molar-refractivity contribution is 9.09. The van der Waals surface area contributed by atoms with Crippen LogP contribution in [0.1, 0.15) is 29.8 Å². The molecule has 0 radical (unpaired) electrons. The lowest BCUT2D eigenvalue weighted by atomic mass is 10.0. The Balaban J connectivity index is 3.28. The quantitative estimate of drug-likeness (QED) is 0.778. The number of alkyl halides is 4. The van der Waals surface area contributed by atoms with Crippen molar-refractivity contribution in [2.45, 2.75) is 24.9 Å². The first kappa shape index (κ1) is 15.0. The third-order valence-corrected chi connectivity index (χ3v) is 3.40. The summed E-state index contributed by atoms with van der Waals surface area (Å²) in [6.07, 6.45) is -4.44. The Labute approximate surface area is 111 Å². The molecule has 0 aromatic heterocycles. The summed E-state index contributed by atoms with van der Waals surface area (Å²) >= 11 is 3.08. The molecule has 1 unspecified atom stereocenters. The van der Waals surface area contributed by atoms with Crippen LogP contribution in [0.3, 0.4) is 0 Å². The highest BCUT2D eigenvalue weighted by atomic mass is 79.9. The van der Waals surface area contributed by atoms with Crippen LogP contribution in [0.2, 0.25) is 0 Å². The molecular formula is C12H12BrF3O2. The number of ketones is 1. The van der Waals surface area contributed by atoms with Crippen LogP contribution < -0.4 is 4.74 Å². The average molecular weight is 325 g/mol. The van der Waals surface area contributed by atoms with Crippen LogP contribution >= 0.6 is 15.9 Å². The summed E-state index contributed by atoms with van der Waals surface area (Å²) in [6.45, 7) is 3.34. The fourth-order valence-electron chi connectivity index (χ4n) is 1.43. The van der Waals surface area contributed by atoms with E-state index in [9.17, 15) is 18.0 Å². The lowest BCUT2D eigenvalue weighted by Crippen LogP contribution is -2.10. The number of rotatable bonds is 4. The SMILES string of the molecule is CCOc1ccc(C(F)(F)F)cc1C(Br)C(C)=O. The maximum Gasteiger partial charge on any atom is 0.416 e. The number of carbonyl (C=O) groups excluding carboxylic acids is 1. The van der Waals surface area contributed by atoms with Gasteiger partial charge in [-0.15, -0.1) is 0 Å². The normalized spacial score (nSPS) is 13.2. The third kappa shape index (κ3) is 3.48. The van der Waals surface area contributed by atoms with Gasteiger partial charge in [0.05, 0.1) is 12.2 Å². The first-order chi connectivity index (χ1) is 8.27. The van der Waals surface area contributed by atoms with Crippen molar-refractivity contribution < 1.29 is 22.7 Å². The number of benzene rings is 1. The summed E-state index contributed by atoms with van der Waals surface area (Å²) in [5.41, 5.74) is -0.606. The molecule has 0 spiro atoms. The van der Waals surface area contributed by atoms with Gasteiger partial charge in [0.25, 0.3) is 0 Å². The Morgan fingerprint density at radius 1 is 1.44 bits per heavy atom. The van der Waals surface area contributed by atoms with Crippen LogP contribution in [0.25, 0.3) is 0 Å². The Bertz CT molecular complexity index is 443. The zero-order valence-corrected chi connectivity index (χ0v) is 11.4. The third-order valence-electron chi connectivity index (χ3n) is 2.27. The van der Waals surface area contributed by atoms with Crippen LogP contribution in [0.4, 0.5) is 13.2 Å². The molecule has 1 aromatic rings. The predicted molar refractivity (Wildman–Crippen MR) is 65.0 cm³/mol. The lowest BCUT2D eigenvalue weighted by molar-refractivity contribution is -0.137. The summed E-state index contributed by atoms with van der Waals surface area (Å²) in [7, 11) is 0. The van der Waals surface area contributed by atoms with Gasteiger partial charge in [-0.3, -0.25) is 4.79 Å². The van der Waals surface area contributed by atoms with Crippen LogP contribution in [-0.4, -0.2) is 12.4 Å². The van der Waals surface area contributed by atoms with Gasteiger partial charge in [-0.2, -0.15) is 13.2 Å². The van der Waals surface area contributed by atoms with Crippen LogP contribution in [0.15, 0.2) is 18.2 Å². The Kier molecular flexibility index (Phi) is 4.78. The van der Waals surface area contributed by atoms with E-state index in [-0.39, 0.29) is 17.1 Å². The molecule has 0 heterocycles. The molecule has 0 amide bonds. The minimum absolute atomic E-state index is 0.194. The molecule has 0 N–H and O–H groups in total. The fourth-order valence-corrected chi connectivity index (χ4v) is 1.79. The molecule has 0 saturated carbocycles. The van der Waals surface area contributed by atoms with Crippen LogP contribution in [-0.2, 0) is 11.0 Å². The van der Waals surface area contributed by atoms with Gasteiger partial charge in [-0.25, -0.2) is 0 Å². The molecular weight excluding hydrogens is 313 g/mol. The topological polar surface area (TPSA) is 26.3 Å². The van der Waals surface area contributed by atoms with Crippen molar-refractivity contribution in [1.29, 1.82) is 0 Å². The summed E-state index contributed by atoms with van der Waals surface area (Å²) in [6, 6.07) is 3.11. The van der Waals surface area contributed by atoms with E-state index in [0.717, 1.165) is 12.1 Å². The van der Waals surface area contributed by atoms with Gasteiger partial charge in [0.1, 0.15) is 16.4 Å². The largest absolute Gasteiger partial charge is 0.494 e. The number of hydrogen-bond acceptors (Lipinski definition) is 2. The minimum atomic E-state index is -4.44. The molecule has 6 heteroatoms. The molecule has 0 aliphatic carbocycles. The van der Waals surface area contributed by atoms with Crippen molar-refractivity contribution in [3.63, 3.8) is 0 Å². The monoisotopic (exact) mass is 324 g/mol. The van der Waals surface area contributed by atoms with Gasteiger partial charge in [-0.05, 0) is 32.0 Å². The smallest absolute Gasteiger partial charge is 0.416 e. The number of Topliss-reactive ketones (excluding diaryl/α,β-unsaturated/α-hetero) is 1. The van der Waals surface area contributed by atoms with E-state index in [4.69, 9.17) is 4.74 Å². The Morgan fingerprint density at radius 2 is 2.06 bits per heavy atom. The van der Waals surface area contributed by atoms with Crippen molar-refractivity contribution >= 4 is 21.7 Å². The fraction of sp³-hybridized carbons (Fsp3) is 0.417. The van der Waals surface area contributed by atoms with E-state index in [0.29, 0.717) is 6.61 Å². The highest BCUT2D eigenvalue weighted by Gasteiger charge is 2.32. The number of hydrogen-bond donors (Lipinski definition) is 0. The van der Waals surface area contributed by atoms with Gasteiger partial charge in [-0.1, -0.05) is 15.9 Å². The Hall–Kier alpha value is -1.04. The van der Waals surface area contributed by atoms with Crippen molar-refractivity contribution in [2.24, 2.45) is 0 Å². The molecule has 18 heavy (non-hydrogen) atoms. The standard InChI is InChI=1S/C12H12BrF3O2/c1-3-18-10-5-4-8(12(14,15)16)6-9(10)11(13)7(2)17/h4-6,11H,3H2,1-2H3. The maximum absolute atomic E-state index is 12.6. The molecule has 0 fully saturated rings. The van der Waals surface area contributed by atoms with Crippen molar-refractivity contribution in [3.8, 4) is 5.75 Å². The van der Waals surface area contributed by atoms with Gasteiger partial charge in [0, 0.05) is 5.56 Å². The van der Waals surface area contributed by atoms with E-state index in [1.807, 2.05) is 0 Å². The van der Waals surface area contributed by atoms with Gasteiger partial charge >= 0.3 is 6.18 Å². The summed E-state index contributed by atoms with van der Waals surface area (Å²) in [5, 5.41) is 0. The summed E-state index contributed by atoms with van der Waals surface area (Å²) in [4.78, 5) is 10.5. The van der Waals surface area contributed by atoms with Crippen molar-refractivity contribution in [1.82, 2.24) is 0 Å². The maximum atomic E-state index is 12.6. The molecule has 0 aliphatic heterocycles. The van der Waals surface area contributed by atoms with Gasteiger partial charge in [0.15, 0.2) is 0 Å². The first-order valence-electron chi connectivity index (χ1n) is 5.25. The minimum Gasteiger partial charge on any atom is -0.494 e. The van der Waals surface area contributed by atoms with E-state index in [1.165, 1.54) is 13.0 Å². The Morgan fingerprint density at radius 3 is 2.50 bits per heavy atom. The van der Waals surface area contributed by atoms with E-state index in [1.54, 1.807) is 6.92 Å². The predicted octanol–water partition coefficient (Wildman–Crippen LogP) is 4.13. The second-order valence-electron chi connectivity index (χ2n) is 3.66. The van der Waals surface area contributed by atoms with Crippen molar-refractivity contribution in [2.75, 3.05) is 6.61 Å². The second-order valence-corrected chi connectivity index (χ2v) is 4.57. The molecule has 0 saturated heterocycles. The summed E-state index contributed by atoms with van der Waals surface area (Å²) in [5.74, 6) is -0.00199. The molecule has 0 bridgehead atoms. The van der Waals surface area contributed by atoms with Gasteiger partial charge < -0.3 is 4.74 Å². The summed E-state index contributed by atoms with van der Waals surface area (Å²) < 4.78 is 43.1. The van der Waals surface area contributed by atoms with E-state index in [2.05, 4.69) is 15.9 Å². The first-order valence-corrected chi connectivity index (χ1v) is 6.17. The highest BCUT2D eigenvalue weighted by Crippen LogP contribution is 2.37. The van der Waals surface area contributed by atoms with Crippen molar-refractivity contribution in [3.05, 3.63) is 29.3 Å². The molecule has 0 aliphatic rings. The molecule has 1 rings (SSSR count). The van der Waals surface area contributed by atoms with E-state index < -0.39 is 16.6 Å². The lowest BCUT2D eigenvalue weighted by Gasteiger charge is -2.16. The zero-order chi connectivity index (χ0) is 13.9. The molecule has 100 valence electrons. The van der Waals surface area contributed by atoms with E-state index >= 15 is 0 Å². The zero-order valence-electron chi connectivity index (χ0n) is 9.84. The van der Waals surface area contributed by atoms with Crippen LogP contribution in [0.5, 0.6) is 5.75 Å². The number of ether oxygens (including phenoxy) is 1. The second kappa shape index (κ2) is 5.73. The molecule has 1 atom stereocenters. The van der Waals surface area contributed by atoms with Gasteiger partial charge in [0.2, 0.25) is 0 Å². The number of carbonyl (C=O) groups is 1.